The summed E-state index contributed by atoms with van der Waals surface area (Å²) in [5.41, 5.74) is -0.462. The van der Waals surface area contributed by atoms with E-state index >= 15 is 0 Å². The van der Waals surface area contributed by atoms with Crippen LogP contribution in [-0.4, -0.2) is 83.8 Å². The summed E-state index contributed by atoms with van der Waals surface area (Å²) in [6.07, 6.45) is 5.03. The van der Waals surface area contributed by atoms with Crippen molar-refractivity contribution in [3.05, 3.63) is 0 Å². The Hall–Kier alpha value is -1.94. The molecule has 0 aromatic rings. The fourth-order valence-corrected chi connectivity index (χ4v) is 2.77. The van der Waals surface area contributed by atoms with Crippen molar-refractivity contribution in [3.8, 4) is 12.3 Å². The highest BCUT2D eigenvalue weighted by Gasteiger charge is 2.38. The van der Waals surface area contributed by atoms with Gasteiger partial charge in [0.25, 0.3) is 0 Å². The first-order valence-corrected chi connectivity index (χ1v) is 8.43. The van der Waals surface area contributed by atoms with Gasteiger partial charge in [0.15, 0.2) is 0 Å². The molecule has 7 nitrogen and oxygen atoms in total. The van der Waals surface area contributed by atoms with Crippen LogP contribution in [-0.2, 0) is 4.74 Å². The zero-order valence-electron chi connectivity index (χ0n) is 15.0. The lowest BCUT2D eigenvalue weighted by atomic mass is 10.1. The maximum atomic E-state index is 12.0. The molecule has 0 saturated carbocycles. The largest absolute Gasteiger partial charge is 0.444 e. The zero-order chi connectivity index (χ0) is 17.9. The first kappa shape index (κ1) is 18.4. The molecule has 0 aromatic heterocycles. The van der Waals surface area contributed by atoms with E-state index in [1.165, 1.54) is 0 Å². The molecular weight excluding hydrogens is 308 g/mol. The third-order valence-corrected chi connectivity index (χ3v) is 4.22. The molecule has 7 heteroatoms. The molecule has 2 rings (SSSR count). The molecule has 1 N–H and O–H groups in total. The molecule has 0 bridgehead atoms. The van der Waals surface area contributed by atoms with Gasteiger partial charge in [0.05, 0.1) is 6.04 Å². The van der Waals surface area contributed by atoms with Crippen molar-refractivity contribution in [3.63, 3.8) is 0 Å². The van der Waals surface area contributed by atoms with E-state index < -0.39 is 5.60 Å². The second-order valence-corrected chi connectivity index (χ2v) is 7.40. The molecule has 134 valence electrons. The van der Waals surface area contributed by atoms with Crippen molar-refractivity contribution in [2.75, 3.05) is 39.3 Å². The first-order valence-electron chi connectivity index (χ1n) is 8.43. The minimum atomic E-state index is -0.462. The highest BCUT2D eigenvalue weighted by atomic mass is 16.6. The van der Waals surface area contributed by atoms with Crippen LogP contribution < -0.4 is 5.32 Å². The average molecular weight is 336 g/mol. The van der Waals surface area contributed by atoms with Crippen LogP contribution in [0.15, 0.2) is 0 Å². The minimum Gasteiger partial charge on any atom is -0.444 e. The fraction of sp³-hybridized carbons (Fsp3) is 0.765. The summed E-state index contributed by atoms with van der Waals surface area (Å²) in [7, 11) is 0. The third-order valence-electron chi connectivity index (χ3n) is 4.22. The van der Waals surface area contributed by atoms with Crippen LogP contribution in [0, 0.1) is 12.3 Å². The number of terminal acetylenes is 1. The molecule has 0 spiro atoms. The average Bonchev–Trinajstić information content (AvgIpc) is 2.44. The lowest BCUT2D eigenvalue weighted by molar-refractivity contribution is -0.0221. The first-order chi connectivity index (χ1) is 11.2. The third kappa shape index (κ3) is 4.78. The molecule has 2 saturated heterocycles. The van der Waals surface area contributed by atoms with Gasteiger partial charge in [0.1, 0.15) is 5.60 Å². The van der Waals surface area contributed by atoms with Gasteiger partial charge >= 0.3 is 12.1 Å². The van der Waals surface area contributed by atoms with Crippen LogP contribution in [0.4, 0.5) is 9.59 Å². The van der Waals surface area contributed by atoms with Gasteiger partial charge in [-0.3, -0.25) is 4.90 Å². The Morgan fingerprint density at radius 2 is 1.75 bits per heavy atom. The van der Waals surface area contributed by atoms with E-state index in [0.29, 0.717) is 32.2 Å². The van der Waals surface area contributed by atoms with Gasteiger partial charge in [-0.25, -0.2) is 9.59 Å². The molecule has 1 unspecified atom stereocenters. The van der Waals surface area contributed by atoms with Crippen LogP contribution in [0.5, 0.6) is 0 Å². The quantitative estimate of drug-likeness (QED) is 0.763. The number of amides is 3. The standard InChI is InChI=1S/C17H28N4O3/c1-6-13(2)18-15(22)20-9-7-19(8-10-20)14-11-21(12-14)16(23)24-17(3,4)5/h1,13-14H,7-12H2,2-5H3,(H,18,22). The molecule has 2 fully saturated rings. The smallest absolute Gasteiger partial charge is 0.410 e. The number of nitrogens with zero attached hydrogens (tertiary/aromatic N) is 3. The number of rotatable bonds is 2. The van der Waals surface area contributed by atoms with Crippen LogP contribution in [0.25, 0.3) is 0 Å². The summed E-state index contributed by atoms with van der Waals surface area (Å²) in [5.74, 6) is 2.49. The number of carbonyl (C=O) groups is 2. The van der Waals surface area contributed by atoms with Gasteiger partial charge in [0, 0.05) is 45.3 Å². The van der Waals surface area contributed by atoms with Crippen molar-refractivity contribution < 1.29 is 14.3 Å². The van der Waals surface area contributed by atoms with Crippen molar-refractivity contribution >= 4 is 12.1 Å². The Balaban J connectivity index is 1.70. The summed E-state index contributed by atoms with van der Waals surface area (Å²) in [6.45, 7) is 11.7. The molecule has 24 heavy (non-hydrogen) atoms. The maximum Gasteiger partial charge on any atom is 0.410 e. The molecule has 1 atom stereocenters. The molecule has 0 aromatic carbocycles. The maximum absolute atomic E-state index is 12.0. The Morgan fingerprint density at radius 1 is 1.17 bits per heavy atom. The molecule has 0 aliphatic carbocycles. The molecule has 0 radical (unpaired) electrons. The Labute approximate surface area is 144 Å². The van der Waals surface area contributed by atoms with E-state index in [1.807, 2.05) is 20.8 Å². The number of hydrogen-bond acceptors (Lipinski definition) is 4. The number of piperazine rings is 1. The number of ether oxygens (including phenoxy) is 1. The number of carbonyl (C=O) groups excluding carboxylic acids is 2. The zero-order valence-corrected chi connectivity index (χ0v) is 15.0. The number of urea groups is 1. The highest BCUT2D eigenvalue weighted by molar-refractivity contribution is 5.75. The van der Waals surface area contributed by atoms with Gasteiger partial charge in [-0.15, -0.1) is 6.42 Å². The second-order valence-electron chi connectivity index (χ2n) is 7.40. The van der Waals surface area contributed by atoms with Gasteiger partial charge in [0.2, 0.25) is 0 Å². The molecule has 3 amide bonds. The highest BCUT2D eigenvalue weighted by Crippen LogP contribution is 2.20. The van der Waals surface area contributed by atoms with E-state index in [0.717, 1.165) is 13.1 Å². The Morgan fingerprint density at radius 3 is 2.25 bits per heavy atom. The minimum absolute atomic E-state index is 0.107. The summed E-state index contributed by atoms with van der Waals surface area (Å²) in [6, 6.07) is -0.0130. The van der Waals surface area contributed by atoms with E-state index in [1.54, 1.807) is 16.7 Å². The van der Waals surface area contributed by atoms with Crippen LogP contribution in [0.1, 0.15) is 27.7 Å². The second kappa shape index (κ2) is 7.31. The van der Waals surface area contributed by atoms with Crippen molar-refractivity contribution in [2.45, 2.75) is 45.4 Å². The van der Waals surface area contributed by atoms with Crippen LogP contribution in [0.3, 0.4) is 0 Å². The number of hydrogen-bond donors (Lipinski definition) is 1. The van der Waals surface area contributed by atoms with E-state index in [9.17, 15) is 9.59 Å². The van der Waals surface area contributed by atoms with Gasteiger partial charge < -0.3 is 19.9 Å². The van der Waals surface area contributed by atoms with Crippen LogP contribution in [0.2, 0.25) is 0 Å². The van der Waals surface area contributed by atoms with Gasteiger partial charge in [-0.05, 0) is 27.7 Å². The van der Waals surface area contributed by atoms with E-state index in [4.69, 9.17) is 11.2 Å². The van der Waals surface area contributed by atoms with Crippen molar-refractivity contribution in [1.82, 2.24) is 20.0 Å². The molecule has 2 heterocycles. The number of nitrogens with one attached hydrogen (secondary N) is 1. The predicted molar refractivity (Wildman–Crippen MR) is 91.6 cm³/mol. The Kier molecular flexibility index (Phi) is 5.60. The van der Waals surface area contributed by atoms with Crippen LogP contribution >= 0.6 is 0 Å². The van der Waals surface area contributed by atoms with Crippen molar-refractivity contribution in [2.24, 2.45) is 0 Å². The van der Waals surface area contributed by atoms with Gasteiger partial charge in [-0.1, -0.05) is 5.92 Å². The Bertz CT molecular complexity index is 509. The van der Waals surface area contributed by atoms with E-state index in [2.05, 4.69) is 16.1 Å². The predicted octanol–water partition coefficient (Wildman–Crippen LogP) is 0.955. The van der Waals surface area contributed by atoms with Crippen molar-refractivity contribution in [1.29, 1.82) is 0 Å². The monoisotopic (exact) mass is 336 g/mol. The topological polar surface area (TPSA) is 65.1 Å². The summed E-state index contributed by atoms with van der Waals surface area (Å²) in [5, 5.41) is 2.78. The summed E-state index contributed by atoms with van der Waals surface area (Å²) >= 11 is 0. The van der Waals surface area contributed by atoms with Gasteiger partial charge in [-0.2, -0.15) is 0 Å². The number of likely N-dealkylation sites (tertiary alicyclic amines) is 1. The summed E-state index contributed by atoms with van der Waals surface area (Å²) in [4.78, 5) is 29.8. The van der Waals surface area contributed by atoms with E-state index in [-0.39, 0.29) is 18.2 Å². The molecular formula is C17H28N4O3. The fourth-order valence-electron chi connectivity index (χ4n) is 2.77. The SMILES string of the molecule is C#CC(C)NC(=O)N1CCN(C2CN(C(=O)OC(C)(C)C)C2)CC1. The lowest BCUT2D eigenvalue weighted by Gasteiger charge is -2.47. The molecule has 2 aliphatic heterocycles. The normalized spacial score (nSPS) is 20.8. The lowest BCUT2D eigenvalue weighted by Crippen LogP contribution is -2.65. The summed E-state index contributed by atoms with van der Waals surface area (Å²) < 4.78 is 5.36. The molecule has 2 aliphatic rings.